The van der Waals surface area contributed by atoms with Crippen LogP contribution in [0.3, 0.4) is 0 Å². The fraction of sp³-hybridized carbons (Fsp3) is 0.130. The van der Waals surface area contributed by atoms with E-state index < -0.39 is 12.1 Å². The van der Waals surface area contributed by atoms with Crippen LogP contribution in [0, 0.1) is 0 Å². The van der Waals surface area contributed by atoms with Gasteiger partial charge in [0.15, 0.2) is 0 Å². The lowest BCUT2D eigenvalue weighted by Gasteiger charge is -2.19. The van der Waals surface area contributed by atoms with Crippen LogP contribution in [0.15, 0.2) is 78.9 Å². The minimum atomic E-state index is -0.985. The standard InChI is InChI=1S/C23H21NO4/c1-24(23(27)28-16-17-9-3-2-4-10-17)15-18-11-5-6-12-19(18)20-13-7-8-14-21(20)22(25)26/h2-14H,15-16H2,1H3,(H,25,26). The second-order valence-electron chi connectivity index (χ2n) is 6.40. The molecule has 0 aromatic heterocycles. The van der Waals surface area contributed by atoms with Crippen molar-refractivity contribution in [1.29, 1.82) is 0 Å². The molecule has 0 aliphatic rings. The smallest absolute Gasteiger partial charge is 0.410 e. The highest BCUT2D eigenvalue weighted by Gasteiger charge is 2.17. The van der Waals surface area contributed by atoms with E-state index in [2.05, 4.69) is 0 Å². The molecule has 1 amide bonds. The summed E-state index contributed by atoms with van der Waals surface area (Å²) in [6.07, 6.45) is -0.440. The highest BCUT2D eigenvalue weighted by atomic mass is 16.6. The summed E-state index contributed by atoms with van der Waals surface area (Å²) in [5, 5.41) is 9.48. The molecule has 0 aliphatic carbocycles. The van der Waals surface area contributed by atoms with Crippen LogP contribution in [0.5, 0.6) is 0 Å². The molecular formula is C23H21NO4. The third kappa shape index (κ3) is 4.57. The average Bonchev–Trinajstić information content (AvgIpc) is 2.73. The van der Waals surface area contributed by atoms with E-state index in [1.54, 1.807) is 31.3 Å². The van der Waals surface area contributed by atoms with Crippen molar-refractivity contribution in [2.75, 3.05) is 7.05 Å². The van der Waals surface area contributed by atoms with E-state index in [4.69, 9.17) is 4.74 Å². The molecule has 0 spiro atoms. The summed E-state index contributed by atoms with van der Waals surface area (Å²) in [6, 6.07) is 23.8. The number of carboxylic acid groups (broad SMARTS) is 1. The van der Waals surface area contributed by atoms with Crippen molar-refractivity contribution < 1.29 is 19.4 Å². The Balaban J connectivity index is 1.76. The predicted molar refractivity (Wildman–Crippen MR) is 107 cm³/mol. The van der Waals surface area contributed by atoms with Crippen molar-refractivity contribution in [2.45, 2.75) is 13.2 Å². The number of nitrogens with zero attached hydrogens (tertiary/aromatic N) is 1. The number of rotatable bonds is 6. The fourth-order valence-corrected chi connectivity index (χ4v) is 2.97. The van der Waals surface area contributed by atoms with Gasteiger partial charge in [0, 0.05) is 13.6 Å². The van der Waals surface area contributed by atoms with Gasteiger partial charge in [0.2, 0.25) is 0 Å². The molecule has 28 heavy (non-hydrogen) atoms. The van der Waals surface area contributed by atoms with E-state index in [0.29, 0.717) is 12.1 Å². The van der Waals surface area contributed by atoms with Crippen LogP contribution in [0.2, 0.25) is 0 Å². The molecule has 142 valence electrons. The molecule has 3 rings (SSSR count). The fourth-order valence-electron chi connectivity index (χ4n) is 2.97. The summed E-state index contributed by atoms with van der Waals surface area (Å²) in [6.45, 7) is 0.505. The van der Waals surface area contributed by atoms with Gasteiger partial charge >= 0.3 is 12.1 Å². The van der Waals surface area contributed by atoms with Gasteiger partial charge < -0.3 is 14.7 Å². The molecule has 3 aromatic carbocycles. The number of carbonyl (C=O) groups is 2. The minimum absolute atomic E-state index is 0.202. The summed E-state index contributed by atoms with van der Waals surface area (Å²) in [4.78, 5) is 25.4. The molecule has 3 aromatic rings. The van der Waals surface area contributed by atoms with Crippen molar-refractivity contribution in [3.63, 3.8) is 0 Å². The number of amides is 1. The first-order valence-corrected chi connectivity index (χ1v) is 8.88. The van der Waals surface area contributed by atoms with Gasteiger partial charge in [-0.25, -0.2) is 9.59 Å². The number of aromatic carboxylic acids is 1. The number of ether oxygens (including phenoxy) is 1. The third-order valence-corrected chi connectivity index (χ3v) is 4.39. The van der Waals surface area contributed by atoms with Gasteiger partial charge in [0.25, 0.3) is 0 Å². The van der Waals surface area contributed by atoms with Gasteiger partial charge in [0.1, 0.15) is 6.61 Å². The van der Waals surface area contributed by atoms with Gasteiger partial charge in [-0.15, -0.1) is 0 Å². The van der Waals surface area contributed by atoms with E-state index in [9.17, 15) is 14.7 Å². The Morgan fingerprint density at radius 2 is 1.46 bits per heavy atom. The van der Waals surface area contributed by atoms with Crippen LogP contribution in [0.1, 0.15) is 21.5 Å². The van der Waals surface area contributed by atoms with Gasteiger partial charge in [-0.2, -0.15) is 0 Å². The maximum Gasteiger partial charge on any atom is 0.410 e. The van der Waals surface area contributed by atoms with Crippen molar-refractivity contribution >= 4 is 12.1 Å². The Morgan fingerprint density at radius 3 is 2.18 bits per heavy atom. The maximum atomic E-state index is 12.4. The first-order chi connectivity index (χ1) is 13.6. The van der Waals surface area contributed by atoms with Crippen molar-refractivity contribution in [2.24, 2.45) is 0 Å². The SMILES string of the molecule is CN(Cc1ccccc1-c1ccccc1C(=O)O)C(=O)OCc1ccccc1. The summed E-state index contributed by atoms with van der Waals surface area (Å²) in [7, 11) is 1.66. The zero-order chi connectivity index (χ0) is 19.9. The van der Waals surface area contributed by atoms with Crippen LogP contribution >= 0.6 is 0 Å². The Kier molecular flexibility index (Phi) is 6.07. The van der Waals surface area contributed by atoms with Crippen LogP contribution in [0.4, 0.5) is 4.79 Å². The molecule has 5 nitrogen and oxygen atoms in total. The monoisotopic (exact) mass is 375 g/mol. The second-order valence-corrected chi connectivity index (χ2v) is 6.40. The Labute approximate surface area is 163 Å². The summed E-state index contributed by atoms with van der Waals surface area (Å²) in [5.74, 6) is -0.985. The van der Waals surface area contributed by atoms with E-state index in [1.165, 1.54) is 4.90 Å². The molecule has 0 saturated carbocycles. The molecule has 0 radical (unpaired) electrons. The van der Waals surface area contributed by atoms with E-state index in [1.807, 2.05) is 54.6 Å². The topological polar surface area (TPSA) is 66.8 Å². The number of carbonyl (C=O) groups excluding carboxylic acids is 1. The van der Waals surface area contributed by atoms with E-state index in [0.717, 1.165) is 16.7 Å². The Morgan fingerprint density at radius 1 is 0.857 bits per heavy atom. The zero-order valence-corrected chi connectivity index (χ0v) is 15.5. The van der Waals surface area contributed by atoms with Gasteiger partial charge in [-0.1, -0.05) is 72.8 Å². The molecule has 0 bridgehead atoms. The third-order valence-electron chi connectivity index (χ3n) is 4.39. The summed E-state index contributed by atoms with van der Waals surface area (Å²) in [5.41, 5.74) is 3.39. The van der Waals surface area contributed by atoms with Gasteiger partial charge in [0.05, 0.1) is 5.56 Å². The minimum Gasteiger partial charge on any atom is -0.478 e. The molecule has 0 saturated heterocycles. The van der Waals surface area contributed by atoms with E-state index >= 15 is 0 Å². The molecule has 1 N–H and O–H groups in total. The van der Waals surface area contributed by atoms with Crippen LogP contribution in [0.25, 0.3) is 11.1 Å². The van der Waals surface area contributed by atoms with Crippen LogP contribution < -0.4 is 0 Å². The number of hydrogen-bond donors (Lipinski definition) is 1. The summed E-state index contributed by atoms with van der Waals surface area (Å²) < 4.78 is 5.36. The van der Waals surface area contributed by atoms with E-state index in [-0.39, 0.29) is 12.2 Å². The van der Waals surface area contributed by atoms with Crippen molar-refractivity contribution in [3.8, 4) is 11.1 Å². The number of benzene rings is 3. The first-order valence-electron chi connectivity index (χ1n) is 8.88. The van der Waals surface area contributed by atoms with Gasteiger partial charge in [-0.3, -0.25) is 0 Å². The highest BCUT2D eigenvalue weighted by Crippen LogP contribution is 2.28. The summed E-state index contributed by atoms with van der Waals surface area (Å²) >= 11 is 0. The molecule has 0 fully saturated rings. The maximum absolute atomic E-state index is 12.4. The first kappa shape index (κ1) is 19.2. The van der Waals surface area contributed by atoms with Crippen LogP contribution in [-0.2, 0) is 17.9 Å². The van der Waals surface area contributed by atoms with Crippen molar-refractivity contribution in [3.05, 3.63) is 95.6 Å². The Bertz CT molecular complexity index is 969. The van der Waals surface area contributed by atoms with Crippen LogP contribution in [-0.4, -0.2) is 29.1 Å². The molecule has 5 heteroatoms. The lowest BCUT2D eigenvalue weighted by Crippen LogP contribution is -2.27. The molecule has 0 heterocycles. The Hall–Kier alpha value is -3.60. The molecule has 0 aliphatic heterocycles. The lowest BCUT2D eigenvalue weighted by molar-refractivity contribution is 0.0697. The van der Waals surface area contributed by atoms with Gasteiger partial charge in [-0.05, 0) is 28.3 Å². The molecule has 0 unspecified atom stereocenters. The lowest BCUT2D eigenvalue weighted by atomic mass is 9.95. The van der Waals surface area contributed by atoms with Crippen molar-refractivity contribution in [1.82, 2.24) is 4.90 Å². The molecule has 0 atom stereocenters. The molecular weight excluding hydrogens is 354 g/mol. The zero-order valence-electron chi connectivity index (χ0n) is 15.5. The number of hydrogen-bond acceptors (Lipinski definition) is 3. The normalized spacial score (nSPS) is 10.3. The largest absolute Gasteiger partial charge is 0.478 e. The predicted octanol–water partition coefficient (Wildman–Crippen LogP) is 4.82. The quantitative estimate of drug-likeness (QED) is 0.671. The average molecular weight is 375 g/mol. The number of carboxylic acids is 1. The second kappa shape index (κ2) is 8.86. The highest BCUT2D eigenvalue weighted by molar-refractivity contribution is 5.96.